The molecule has 18 heavy (non-hydrogen) atoms. The molecule has 1 aromatic carbocycles. The van der Waals surface area contributed by atoms with Crippen molar-refractivity contribution in [3.8, 4) is 0 Å². The van der Waals surface area contributed by atoms with Crippen LogP contribution < -0.4 is 5.73 Å². The topological polar surface area (TPSA) is 61.5 Å². The van der Waals surface area contributed by atoms with Gasteiger partial charge in [0.25, 0.3) is 0 Å². The minimum Gasteiger partial charge on any atom is -0.314 e. The van der Waals surface area contributed by atoms with Crippen LogP contribution in [-0.4, -0.2) is 13.2 Å². The van der Waals surface area contributed by atoms with Crippen LogP contribution in [0.15, 0.2) is 22.7 Å². The molecule has 1 atom stereocenters. The molecule has 0 aliphatic heterocycles. The van der Waals surface area contributed by atoms with Gasteiger partial charge in [-0.3, -0.25) is 4.57 Å². The Morgan fingerprint density at radius 3 is 2.44 bits per heavy atom. The van der Waals surface area contributed by atoms with Gasteiger partial charge in [-0.15, -0.1) is 0 Å². The summed E-state index contributed by atoms with van der Waals surface area (Å²) < 4.78 is 36.5. The predicted octanol–water partition coefficient (Wildman–Crippen LogP) is 3.81. The first kappa shape index (κ1) is 15.8. The molecule has 0 saturated heterocycles. The van der Waals surface area contributed by atoms with Crippen LogP contribution in [0.25, 0.3) is 0 Å². The molecule has 0 amide bonds. The Balaban J connectivity index is 3.13. The maximum atomic E-state index is 13.2. The summed E-state index contributed by atoms with van der Waals surface area (Å²) >= 11 is 3.25. The molecular weight excluding hydrogens is 324 g/mol. The molecule has 4 nitrogen and oxygen atoms in total. The average molecular weight is 340 g/mol. The third-order valence-electron chi connectivity index (χ3n) is 2.24. The van der Waals surface area contributed by atoms with Gasteiger partial charge >= 0.3 is 7.60 Å². The zero-order valence-electron chi connectivity index (χ0n) is 10.2. The van der Waals surface area contributed by atoms with Gasteiger partial charge in [-0.05, 0) is 37.6 Å². The SMILES string of the molecule is CCOP(=O)(OCC)[C@H](N)c1cc(F)ccc1Br. The van der Waals surface area contributed by atoms with Crippen molar-refractivity contribution >= 4 is 23.5 Å². The van der Waals surface area contributed by atoms with Crippen molar-refractivity contribution in [3.63, 3.8) is 0 Å². The van der Waals surface area contributed by atoms with Gasteiger partial charge in [-0.1, -0.05) is 15.9 Å². The first-order chi connectivity index (χ1) is 8.44. The van der Waals surface area contributed by atoms with Gasteiger partial charge in [-0.25, -0.2) is 4.39 Å². The van der Waals surface area contributed by atoms with Crippen LogP contribution in [-0.2, 0) is 13.6 Å². The average Bonchev–Trinajstić information content (AvgIpc) is 2.32. The Kier molecular flexibility index (Phi) is 5.95. The molecule has 2 N–H and O–H groups in total. The molecule has 0 fully saturated rings. The maximum Gasteiger partial charge on any atom is 0.351 e. The fraction of sp³-hybridized carbons (Fsp3) is 0.455. The van der Waals surface area contributed by atoms with Gasteiger partial charge < -0.3 is 14.8 Å². The lowest BCUT2D eigenvalue weighted by Gasteiger charge is -2.24. The fourth-order valence-corrected chi connectivity index (χ4v) is 3.81. The standard InChI is InChI=1S/C11H16BrFNO3P/c1-3-16-18(15,17-4-2)11(14)9-7-8(13)5-6-10(9)12/h5-7,11H,3-4,14H2,1-2H3/t11-/m0/s1. The van der Waals surface area contributed by atoms with E-state index in [2.05, 4.69) is 15.9 Å². The second kappa shape index (κ2) is 6.78. The van der Waals surface area contributed by atoms with E-state index >= 15 is 0 Å². The van der Waals surface area contributed by atoms with Crippen LogP contribution in [0.1, 0.15) is 25.2 Å². The third kappa shape index (κ3) is 3.62. The molecule has 7 heteroatoms. The Hall–Kier alpha value is -0.260. The largest absolute Gasteiger partial charge is 0.351 e. The van der Waals surface area contributed by atoms with Crippen LogP contribution in [0.2, 0.25) is 0 Å². The van der Waals surface area contributed by atoms with E-state index < -0.39 is 19.2 Å². The Morgan fingerprint density at radius 2 is 1.94 bits per heavy atom. The number of hydrogen-bond acceptors (Lipinski definition) is 4. The smallest absolute Gasteiger partial charge is 0.314 e. The van der Waals surface area contributed by atoms with E-state index in [1.54, 1.807) is 13.8 Å². The Bertz CT molecular complexity index is 448. The summed E-state index contributed by atoms with van der Waals surface area (Å²) in [6, 6.07) is 4.01. The van der Waals surface area contributed by atoms with Crippen molar-refractivity contribution in [2.45, 2.75) is 19.6 Å². The maximum absolute atomic E-state index is 13.2. The minimum absolute atomic E-state index is 0.206. The lowest BCUT2D eigenvalue weighted by atomic mass is 10.2. The van der Waals surface area contributed by atoms with E-state index in [0.717, 1.165) is 0 Å². The number of nitrogens with two attached hydrogens (primary N) is 1. The summed E-state index contributed by atoms with van der Waals surface area (Å²) in [5.74, 6) is -1.48. The Labute approximate surface area is 114 Å². The van der Waals surface area contributed by atoms with Crippen molar-refractivity contribution in [1.82, 2.24) is 0 Å². The van der Waals surface area contributed by atoms with Gasteiger partial charge in [0.1, 0.15) is 11.6 Å². The van der Waals surface area contributed by atoms with Crippen molar-refractivity contribution < 1.29 is 18.0 Å². The first-order valence-electron chi connectivity index (χ1n) is 5.54. The van der Waals surface area contributed by atoms with E-state index in [0.29, 0.717) is 10.0 Å². The molecule has 0 unspecified atom stereocenters. The molecule has 0 radical (unpaired) electrons. The van der Waals surface area contributed by atoms with Crippen LogP contribution >= 0.6 is 23.5 Å². The van der Waals surface area contributed by atoms with Crippen molar-refractivity contribution in [3.05, 3.63) is 34.1 Å². The number of hydrogen-bond donors (Lipinski definition) is 1. The van der Waals surface area contributed by atoms with Crippen molar-refractivity contribution in [2.75, 3.05) is 13.2 Å². The highest BCUT2D eigenvalue weighted by atomic mass is 79.9. The van der Waals surface area contributed by atoms with Gasteiger partial charge in [0.05, 0.1) is 13.2 Å². The zero-order valence-corrected chi connectivity index (χ0v) is 12.7. The van der Waals surface area contributed by atoms with E-state index in [-0.39, 0.29) is 13.2 Å². The van der Waals surface area contributed by atoms with E-state index in [4.69, 9.17) is 14.8 Å². The molecule has 1 rings (SSSR count). The highest BCUT2D eigenvalue weighted by molar-refractivity contribution is 9.10. The lowest BCUT2D eigenvalue weighted by molar-refractivity contribution is 0.212. The molecule has 0 saturated carbocycles. The van der Waals surface area contributed by atoms with Crippen LogP contribution in [0.4, 0.5) is 4.39 Å². The summed E-state index contributed by atoms with van der Waals surface area (Å²) in [6.45, 7) is 3.80. The molecule has 102 valence electrons. The molecule has 0 bridgehead atoms. The molecule has 0 aromatic heterocycles. The summed E-state index contributed by atoms with van der Waals surface area (Å²) in [5, 5.41) is 0. The van der Waals surface area contributed by atoms with E-state index in [1.807, 2.05) is 0 Å². The highest BCUT2D eigenvalue weighted by Crippen LogP contribution is 2.59. The second-order valence-corrected chi connectivity index (χ2v) is 6.49. The number of halogens is 2. The highest BCUT2D eigenvalue weighted by Gasteiger charge is 2.35. The molecule has 0 aliphatic rings. The number of rotatable bonds is 6. The van der Waals surface area contributed by atoms with Crippen LogP contribution in [0.5, 0.6) is 0 Å². The summed E-state index contributed by atoms with van der Waals surface area (Å²) in [7, 11) is -3.50. The molecule has 0 aliphatic carbocycles. The normalized spacial score (nSPS) is 13.6. The first-order valence-corrected chi connectivity index (χ1v) is 7.94. The fourth-order valence-electron chi connectivity index (χ4n) is 1.47. The van der Waals surface area contributed by atoms with Gasteiger partial charge in [0.2, 0.25) is 0 Å². The summed E-state index contributed by atoms with van der Waals surface area (Å²) in [5.41, 5.74) is 6.27. The quantitative estimate of drug-likeness (QED) is 0.800. The molecule has 0 heterocycles. The molecular formula is C11H16BrFNO3P. The third-order valence-corrected chi connectivity index (χ3v) is 5.15. The van der Waals surface area contributed by atoms with Gasteiger partial charge in [0, 0.05) is 4.47 Å². The van der Waals surface area contributed by atoms with Crippen molar-refractivity contribution in [2.24, 2.45) is 5.73 Å². The number of benzene rings is 1. The summed E-state index contributed by atoms with van der Waals surface area (Å²) in [6.07, 6.45) is 0. The molecule has 0 spiro atoms. The Morgan fingerprint density at radius 1 is 1.39 bits per heavy atom. The van der Waals surface area contributed by atoms with Crippen molar-refractivity contribution in [1.29, 1.82) is 0 Å². The van der Waals surface area contributed by atoms with Gasteiger partial charge in [-0.2, -0.15) is 0 Å². The van der Waals surface area contributed by atoms with Crippen LogP contribution in [0, 0.1) is 5.82 Å². The van der Waals surface area contributed by atoms with Gasteiger partial charge in [0.15, 0.2) is 0 Å². The van der Waals surface area contributed by atoms with E-state index in [1.165, 1.54) is 18.2 Å². The second-order valence-electron chi connectivity index (χ2n) is 3.49. The zero-order chi connectivity index (χ0) is 13.8. The molecule has 1 aromatic rings. The minimum atomic E-state index is -3.50. The monoisotopic (exact) mass is 339 g/mol. The summed E-state index contributed by atoms with van der Waals surface area (Å²) in [4.78, 5) is 0. The van der Waals surface area contributed by atoms with Crippen LogP contribution in [0.3, 0.4) is 0 Å². The predicted molar refractivity (Wildman–Crippen MR) is 71.9 cm³/mol. The van der Waals surface area contributed by atoms with E-state index in [9.17, 15) is 8.96 Å². The lowest BCUT2D eigenvalue weighted by Crippen LogP contribution is -2.15.